The lowest BCUT2D eigenvalue weighted by molar-refractivity contribution is -0.132. The molecule has 4 unspecified atom stereocenters. The molecule has 0 radical (unpaired) electrons. The van der Waals surface area contributed by atoms with Crippen LogP contribution in [0.5, 0.6) is 0 Å². The van der Waals surface area contributed by atoms with E-state index in [4.69, 9.17) is 4.52 Å². The van der Waals surface area contributed by atoms with E-state index in [1.54, 1.807) is 6.92 Å². The van der Waals surface area contributed by atoms with Crippen LogP contribution in [-0.2, 0) is 25.6 Å². The average Bonchev–Trinajstić information content (AvgIpc) is 3.43. The van der Waals surface area contributed by atoms with Gasteiger partial charge in [-0.3, -0.25) is 19.2 Å². The molecule has 2 heterocycles. The minimum absolute atomic E-state index is 0.0269. The number of piperidine rings is 1. The predicted octanol–water partition coefficient (Wildman–Crippen LogP) is 2.61. The molecule has 1 aliphatic rings. The SMILES string of the molecule is Cc1cc(C(=O)NC(Cc2cccc3ccccc23)C(=O)NC(CC(C)C)C(=O)NC(C=O)CC2CCCNC2=O)no1. The number of benzene rings is 2. The second-order valence-electron chi connectivity index (χ2n) is 11.5. The lowest BCUT2D eigenvalue weighted by Gasteiger charge is -2.27. The third-order valence-electron chi connectivity index (χ3n) is 7.56. The summed E-state index contributed by atoms with van der Waals surface area (Å²) in [5, 5.41) is 16.8. The van der Waals surface area contributed by atoms with Gasteiger partial charge in [-0.15, -0.1) is 0 Å². The Morgan fingerprint density at radius 1 is 1.05 bits per heavy atom. The van der Waals surface area contributed by atoms with Gasteiger partial charge in [0.15, 0.2) is 5.69 Å². The summed E-state index contributed by atoms with van der Waals surface area (Å²) in [7, 11) is 0. The Balaban J connectivity index is 1.54. The minimum Gasteiger partial charge on any atom is -0.361 e. The van der Waals surface area contributed by atoms with Gasteiger partial charge in [0.2, 0.25) is 17.7 Å². The Morgan fingerprint density at radius 3 is 2.49 bits per heavy atom. The van der Waals surface area contributed by atoms with E-state index in [-0.39, 0.29) is 36.3 Å². The monoisotopic (exact) mass is 589 g/mol. The van der Waals surface area contributed by atoms with Crippen LogP contribution in [0.1, 0.15) is 61.3 Å². The number of amides is 4. The van der Waals surface area contributed by atoms with E-state index in [0.29, 0.717) is 31.4 Å². The summed E-state index contributed by atoms with van der Waals surface area (Å²) in [6, 6.07) is 12.1. The van der Waals surface area contributed by atoms with E-state index in [1.165, 1.54) is 6.07 Å². The number of fused-ring (bicyclic) bond motifs is 1. The smallest absolute Gasteiger partial charge is 0.274 e. The molecule has 1 aliphatic heterocycles. The van der Waals surface area contributed by atoms with Crippen LogP contribution in [0, 0.1) is 18.8 Å². The number of carbonyl (C=O) groups is 5. The number of carbonyl (C=O) groups excluding carboxylic acids is 5. The summed E-state index contributed by atoms with van der Waals surface area (Å²) in [5.41, 5.74) is 0.872. The van der Waals surface area contributed by atoms with Gasteiger partial charge >= 0.3 is 0 Å². The summed E-state index contributed by atoms with van der Waals surface area (Å²) in [5.74, 6) is -1.71. The first-order valence-corrected chi connectivity index (χ1v) is 14.7. The fourth-order valence-corrected chi connectivity index (χ4v) is 5.38. The molecule has 43 heavy (non-hydrogen) atoms. The third-order valence-corrected chi connectivity index (χ3v) is 7.56. The van der Waals surface area contributed by atoms with E-state index >= 15 is 0 Å². The maximum absolute atomic E-state index is 13.8. The van der Waals surface area contributed by atoms with Gasteiger partial charge in [-0.05, 0) is 54.9 Å². The quantitative estimate of drug-likeness (QED) is 0.223. The van der Waals surface area contributed by atoms with Gasteiger partial charge < -0.3 is 30.6 Å². The van der Waals surface area contributed by atoms with Crippen molar-refractivity contribution >= 4 is 40.7 Å². The van der Waals surface area contributed by atoms with Crippen molar-refractivity contribution in [3.05, 3.63) is 65.5 Å². The molecule has 11 nitrogen and oxygen atoms in total. The van der Waals surface area contributed by atoms with Crippen molar-refractivity contribution in [1.29, 1.82) is 0 Å². The Bertz CT molecular complexity index is 1460. The molecule has 11 heteroatoms. The number of nitrogens with one attached hydrogen (secondary N) is 4. The Labute approximate surface area is 250 Å². The number of nitrogens with zero attached hydrogens (tertiary/aromatic N) is 1. The van der Waals surface area contributed by atoms with Crippen LogP contribution in [0.4, 0.5) is 0 Å². The van der Waals surface area contributed by atoms with Gasteiger partial charge in [0.25, 0.3) is 5.91 Å². The number of aldehydes is 1. The number of hydrogen-bond donors (Lipinski definition) is 4. The largest absolute Gasteiger partial charge is 0.361 e. The zero-order valence-corrected chi connectivity index (χ0v) is 24.7. The lowest BCUT2D eigenvalue weighted by Crippen LogP contribution is -2.56. The van der Waals surface area contributed by atoms with Crippen molar-refractivity contribution in [3.63, 3.8) is 0 Å². The second kappa shape index (κ2) is 14.6. The topological polar surface area (TPSA) is 160 Å². The standard InChI is InChI=1S/C32H39N5O6/c1-19(2)14-26(30(40)34-24(18-38)16-23-11-7-13-33-29(23)39)35-31(41)27(36-32(42)28-15-20(3)43-37-28)17-22-10-6-9-21-8-4-5-12-25(21)22/h4-6,8-10,12,15,18-19,23-24,26-27H,7,11,13-14,16-17H2,1-3H3,(H,33,39)(H,34,40)(H,35,41)(H,36,42). The van der Waals surface area contributed by atoms with Crippen molar-refractivity contribution in [2.45, 2.75) is 71.0 Å². The zero-order chi connectivity index (χ0) is 30.9. The van der Waals surface area contributed by atoms with Crippen molar-refractivity contribution in [2.24, 2.45) is 11.8 Å². The van der Waals surface area contributed by atoms with Gasteiger partial charge in [-0.1, -0.05) is 61.5 Å². The van der Waals surface area contributed by atoms with E-state index in [1.807, 2.05) is 56.3 Å². The normalized spacial score (nSPS) is 17.0. The molecule has 228 valence electrons. The molecule has 4 rings (SSSR count). The molecule has 1 aromatic heterocycles. The van der Waals surface area contributed by atoms with Gasteiger partial charge in [-0.2, -0.15) is 0 Å². The van der Waals surface area contributed by atoms with Crippen LogP contribution < -0.4 is 21.3 Å². The van der Waals surface area contributed by atoms with Crippen LogP contribution >= 0.6 is 0 Å². The minimum atomic E-state index is -1.05. The van der Waals surface area contributed by atoms with Crippen molar-refractivity contribution in [3.8, 4) is 0 Å². The molecule has 3 aromatic rings. The summed E-state index contributed by atoms with van der Waals surface area (Å²) in [4.78, 5) is 64.4. The lowest BCUT2D eigenvalue weighted by atomic mass is 9.91. The molecule has 2 aromatic carbocycles. The van der Waals surface area contributed by atoms with Crippen LogP contribution in [0.15, 0.2) is 53.1 Å². The highest BCUT2D eigenvalue weighted by Crippen LogP contribution is 2.21. The van der Waals surface area contributed by atoms with Crippen LogP contribution in [0.2, 0.25) is 0 Å². The number of rotatable bonds is 13. The Kier molecular flexibility index (Phi) is 10.6. The molecule has 4 atom stereocenters. The summed E-state index contributed by atoms with van der Waals surface area (Å²) >= 11 is 0. The van der Waals surface area contributed by atoms with E-state index in [2.05, 4.69) is 26.4 Å². The second-order valence-corrected chi connectivity index (χ2v) is 11.5. The summed E-state index contributed by atoms with van der Waals surface area (Å²) < 4.78 is 5.03. The maximum Gasteiger partial charge on any atom is 0.274 e. The molecule has 1 saturated heterocycles. The first-order valence-electron chi connectivity index (χ1n) is 14.7. The van der Waals surface area contributed by atoms with E-state index in [0.717, 1.165) is 22.8 Å². The predicted molar refractivity (Wildman–Crippen MR) is 160 cm³/mol. The van der Waals surface area contributed by atoms with E-state index in [9.17, 15) is 24.0 Å². The van der Waals surface area contributed by atoms with Crippen LogP contribution in [0.3, 0.4) is 0 Å². The first-order chi connectivity index (χ1) is 20.6. The van der Waals surface area contributed by atoms with Crippen molar-refractivity contribution in [2.75, 3.05) is 6.54 Å². The molecule has 0 saturated carbocycles. The molecular weight excluding hydrogens is 550 g/mol. The molecule has 4 N–H and O–H groups in total. The fourth-order valence-electron chi connectivity index (χ4n) is 5.38. The van der Waals surface area contributed by atoms with E-state index < -0.39 is 35.8 Å². The zero-order valence-electron chi connectivity index (χ0n) is 24.7. The molecule has 1 fully saturated rings. The van der Waals surface area contributed by atoms with Gasteiger partial charge in [0, 0.05) is 24.9 Å². The highest BCUT2D eigenvalue weighted by Gasteiger charge is 2.31. The highest BCUT2D eigenvalue weighted by molar-refractivity contribution is 5.98. The maximum atomic E-state index is 13.8. The third kappa shape index (κ3) is 8.50. The van der Waals surface area contributed by atoms with Crippen molar-refractivity contribution < 1.29 is 28.5 Å². The van der Waals surface area contributed by atoms with Gasteiger partial charge in [-0.25, -0.2) is 0 Å². The molecule has 0 aliphatic carbocycles. The first kappa shape index (κ1) is 31.4. The average molecular weight is 590 g/mol. The van der Waals surface area contributed by atoms with Crippen LogP contribution in [-0.4, -0.2) is 59.7 Å². The number of aryl methyl sites for hydroxylation is 1. The van der Waals surface area contributed by atoms with Crippen molar-refractivity contribution in [1.82, 2.24) is 26.4 Å². The molecule has 4 amide bonds. The summed E-state index contributed by atoms with van der Waals surface area (Å²) in [6.07, 6.45) is 2.69. The fraction of sp³-hybridized carbons (Fsp3) is 0.438. The molecule has 0 bridgehead atoms. The summed E-state index contributed by atoms with van der Waals surface area (Å²) in [6.45, 7) is 6.09. The van der Waals surface area contributed by atoms with Gasteiger partial charge in [0.05, 0.1) is 6.04 Å². The van der Waals surface area contributed by atoms with Crippen LogP contribution in [0.25, 0.3) is 10.8 Å². The Hall–Kier alpha value is -4.54. The number of hydrogen-bond acceptors (Lipinski definition) is 7. The number of aromatic nitrogens is 1. The highest BCUT2D eigenvalue weighted by atomic mass is 16.5. The molecular formula is C32H39N5O6. The van der Waals surface area contributed by atoms with Gasteiger partial charge in [0.1, 0.15) is 24.1 Å². The Morgan fingerprint density at radius 2 is 1.79 bits per heavy atom. The molecule has 0 spiro atoms.